The summed E-state index contributed by atoms with van der Waals surface area (Å²) in [6, 6.07) is 4.04. The molecule has 1 fully saturated rings. The molecule has 1 aliphatic heterocycles. The van der Waals surface area contributed by atoms with Gasteiger partial charge in [-0.25, -0.2) is 18.7 Å². The lowest BCUT2D eigenvalue weighted by Gasteiger charge is -2.41. The van der Waals surface area contributed by atoms with E-state index in [0.717, 1.165) is 42.8 Å². The second kappa shape index (κ2) is 6.81. The number of rotatable bonds is 3. The minimum Gasteiger partial charge on any atom is -0.353 e. The third-order valence-electron chi connectivity index (χ3n) is 4.76. The van der Waals surface area contributed by atoms with Gasteiger partial charge in [0.2, 0.25) is 0 Å². The van der Waals surface area contributed by atoms with Gasteiger partial charge in [0.25, 0.3) is 0 Å². The molecule has 2 heterocycles. The smallest absolute Gasteiger partial charge is 0.135 e. The van der Waals surface area contributed by atoms with E-state index in [-0.39, 0.29) is 6.04 Å². The zero-order valence-corrected chi connectivity index (χ0v) is 14.3. The van der Waals surface area contributed by atoms with Crippen molar-refractivity contribution in [1.82, 2.24) is 14.9 Å². The van der Waals surface area contributed by atoms with Crippen molar-refractivity contribution in [3.05, 3.63) is 53.0 Å². The summed E-state index contributed by atoms with van der Waals surface area (Å²) in [5.41, 5.74) is 2.62. The molecule has 0 radical (unpaired) electrons. The number of halogens is 2. The van der Waals surface area contributed by atoms with Crippen molar-refractivity contribution in [3.8, 4) is 0 Å². The van der Waals surface area contributed by atoms with Crippen LogP contribution in [-0.2, 0) is 6.54 Å². The maximum absolute atomic E-state index is 13.9. The molecule has 1 aromatic heterocycles. The third kappa shape index (κ3) is 3.38. The molecule has 6 heteroatoms. The molecular weight excluding hydrogens is 310 g/mol. The number of nitrogens with zero attached hydrogens (tertiary/aromatic N) is 4. The lowest BCUT2D eigenvalue weighted by molar-refractivity contribution is 0.178. The summed E-state index contributed by atoms with van der Waals surface area (Å²) in [4.78, 5) is 13.1. The van der Waals surface area contributed by atoms with Crippen molar-refractivity contribution in [3.63, 3.8) is 0 Å². The van der Waals surface area contributed by atoms with Crippen LogP contribution in [0.2, 0.25) is 0 Å². The summed E-state index contributed by atoms with van der Waals surface area (Å²) in [6.07, 6.45) is 1.60. The van der Waals surface area contributed by atoms with E-state index in [1.165, 1.54) is 12.1 Å². The van der Waals surface area contributed by atoms with Gasteiger partial charge in [0, 0.05) is 55.1 Å². The fourth-order valence-corrected chi connectivity index (χ4v) is 3.14. The Morgan fingerprint density at radius 2 is 1.96 bits per heavy atom. The van der Waals surface area contributed by atoms with Crippen LogP contribution in [0.3, 0.4) is 0 Å². The lowest BCUT2D eigenvalue weighted by Crippen LogP contribution is -2.52. The van der Waals surface area contributed by atoms with Gasteiger partial charge < -0.3 is 4.90 Å². The Bertz CT molecular complexity index is 735. The molecule has 0 N–H and O–H groups in total. The van der Waals surface area contributed by atoms with Gasteiger partial charge in [0.05, 0.1) is 0 Å². The first-order chi connectivity index (χ1) is 11.5. The molecular formula is C18H22F2N4. The van der Waals surface area contributed by atoms with Crippen LogP contribution in [0.25, 0.3) is 0 Å². The average molecular weight is 332 g/mol. The van der Waals surface area contributed by atoms with E-state index >= 15 is 0 Å². The molecule has 24 heavy (non-hydrogen) atoms. The van der Waals surface area contributed by atoms with E-state index in [2.05, 4.69) is 26.7 Å². The molecule has 0 spiro atoms. The van der Waals surface area contributed by atoms with Gasteiger partial charge in [0.1, 0.15) is 23.8 Å². The number of aryl methyl sites for hydroxylation is 1. The molecule has 1 unspecified atom stereocenters. The van der Waals surface area contributed by atoms with Crippen LogP contribution in [0, 0.1) is 25.5 Å². The standard InChI is InChI=1S/C18H22F2N4/c1-12-9-24(18-13(2)14(3)21-11-22-18)7-6-23(12)10-15-4-5-16(19)8-17(15)20/h4-5,8,11-12H,6-7,9-10H2,1-3H3. The number of piperazine rings is 1. The van der Waals surface area contributed by atoms with Gasteiger partial charge in [-0.1, -0.05) is 6.07 Å². The number of hydrogen-bond acceptors (Lipinski definition) is 4. The van der Waals surface area contributed by atoms with E-state index in [9.17, 15) is 8.78 Å². The summed E-state index contributed by atoms with van der Waals surface area (Å²) in [7, 11) is 0. The topological polar surface area (TPSA) is 32.3 Å². The first-order valence-corrected chi connectivity index (χ1v) is 8.17. The van der Waals surface area contributed by atoms with Crippen molar-refractivity contribution < 1.29 is 8.78 Å². The van der Waals surface area contributed by atoms with Gasteiger partial charge in [-0.2, -0.15) is 0 Å². The lowest BCUT2D eigenvalue weighted by atomic mass is 10.1. The third-order valence-corrected chi connectivity index (χ3v) is 4.76. The monoisotopic (exact) mass is 332 g/mol. The molecule has 1 saturated heterocycles. The predicted molar refractivity (Wildman–Crippen MR) is 89.9 cm³/mol. The van der Waals surface area contributed by atoms with Crippen LogP contribution in [0.4, 0.5) is 14.6 Å². The van der Waals surface area contributed by atoms with Gasteiger partial charge in [-0.3, -0.25) is 4.90 Å². The summed E-state index contributed by atoms with van der Waals surface area (Å²) in [6.45, 7) is 9.08. The molecule has 0 bridgehead atoms. The van der Waals surface area contributed by atoms with Gasteiger partial charge in [0.15, 0.2) is 0 Å². The second-order valence-corrected chi connectivity index (χ2v) is 6.41. The van der Waals surface area contributed by atoms with Gasteiger partial charge >= 0.3 is 0 Å². The molecule has 0 aliphatic carbocycles. The van der Waals surface area contributed by atoms with Crippen LogP contribution in [0.1, 0.15) is 23.7 Å². The molecule has 1 atom stereocenters. The van der Waals surface area contributed by atoms with Crippen molar-refractivity contribution in [2.24, 2.45) is 0 Å². The minimum absolute atomic E-state index is 0.248. The van der Waals surface area contributed by atoms with Crippen molar-refractivity contribution >= 4 is 5.82 Å². The summed E-state index contributed by atoms with van der Waals surface area (Å²) in [5, 5.41) is 0. The van der Waals surface area contributed by atoms with Crippen molar-refractivity contribution in [2.45, 2.75) is 33.4 Å². The maximum atomic E-state index is 13.9. The SMILES string of the molecule is Cc1ncnc(N2CCN(Cc3ccc(F)cc3F)C(C)C2)c1C. The Morgan fingerprint density at radius 1 is 1.17 bits per heavy atom. The molecule has 4 nitrogen and oxygen atoms in total. The number of benzene rings is 1. The Kier molecular flexibility index (Phi) is 4.76. The minimum atomic E-state index is -0.538. The van der Waals surface area contributed by atoms with E-state index in [1.54, 1.807) is 6.33 Å². The number of hydrogen-bond donors (Lipinski definition) is 0. The van der Waals surface area contributed by atoms with Crippen LogP contribution < -0.4 is 4.90 Å². The number of aromatic nitrogens is 2. The average Bonchev–Trinajstić information content (AvgIpc) is 2.54. The Hall–Kier alpha value is -2.08. The fraction of sp³-hybridized carbons (Fsp3) is 0.444. The fourth-order valence-electron chi connectivity index (χ4n) is 3.14. The van der Waals surface area contributed by atoms with Crippen molar-refractivity contribution in [2.75, 3.05) is 24.5 Å². The molecule has 1 aromatic carbocycles. The summed E-state index contributed by atoms with van der Waals surface area (Å²) in [5.74, 6) is -0.0439. The first-order valence-electron chi connectivity index (χ1n) is 8.17. The Balaban J connectivity index is 1.70. The highest BCUT2D eigenvalue weighted by Crippen LogP contribution is 2.23. The molecule has 0 amide bonds. The zero-order chi connectivity index (χ0) is 17.3. The predicted octanol–water partition coefficient (Wildman–Crippen LogP) is 3.08. The Morgan fingerprint density at radius 3 is 2.67 bits per heavy atom. The quantitative estimate of drug-likeness (QED) is 0.865. The normalized spacial score (nSPS) is 18.9. The van der Waals surface area contributed by atoms with E-state index in [1.807, 2.05) is 13.8 Å². The van der Waals surface area contributed by atoms with Crippen LogP contribution in [0.15, 0.2) is 24.5 Å². The van der Waals surface area contributed by atoms with Crippen molar-refractivity contribution in [1.29, 1.82) is 0 Å². The van der Waals surface area contributed by atoms with Crippen LogP contribution in [-0.4, -0.2) is 40.5 Å². The van der Waals surface area contributed by atoms with Gasteiger partial charge in [-0.15, -0.1) is 0 Å². The summed E-state index contributed by atoms with van der Waals surface area (Å²) < 4.78 is 26.9. The molecule has 2 aromatic rings. The molecule has 0 saturated carbocycles. The zero-order valence-electron chi connectivity index (χ0n) is 14.3. The van der Waals surface area contributed by atoms with Crippen LogP contribution >= 0.6 is 0 Å². The Labute approximate surface area is 141 Å². The van der Waals surface area contributed by atoms with E-state index in [4.69, 9.17) is 0 Å². The molecule has 3 rings (SSSR count). The summed E-state index contributed by atoms with van der Waals surface area (Å²) >= 11 is 0. The number of anilines is 1. The highest BCUT2D eigenvalue weighted by Gasteiger charge is 2.26. The molecule has 1 aliphatic rings. The van der Waals surface area contributed by atoms with E-state index in [0.29, 0.717) is 12.1 Å². The maximum Gasteiger partial charge on any atom is 0.135 e. The first kappa shape index (κ1) is 16.8. The van der Waals surface area contributed by atoms with E-state index < -0.39 is 11.6 Å². The second-order valence-electron chi connectivity index (χ2n) is 6.41. The largest absolute Gasteiger partial charge is 0.353 e. The van der Waals surface area contributed by atoms with Gasteiger partial charge in [-0.05, 0) is 26.8 Å². The highest BCUT2D eigenvalue weighted by atomic mass is 19.1. The highest BCUT2D eigenvalue weighted by molar-refractivity contribution is 5.48. The molecule has 128 valence electrons. The van der Waals surface area contributed by atoms with Crippen LogP contribution in [0.5, 0.6) is 0 Å².